The third kappa shape index (κ3) is 3.49. The molecule has 0 bridgehead atoms. The molecular weight excluding hydrogens is 196 g/mol. The number of nitrogens with one attached hydrogen (secondary N) is 1. The number of nitrogens with two attached hydrogens (primary N) is 2. The highest BCUT2D eigenvalue weighted by molar-refractivity contribution is 5.80. The Hall–Kier alpha value is -1.14. The molecule has 0 aromatic rings. The van der Waals surface area contributed by atoms with Gasteiger partial charge >= 0.3 is 0 Å². The van der Waals surface area contributed by atoms with E-state index in [1.165, 1.54) is 0 Å². The molecule has 0 spiro atoms. The lowest BCUT2D eigenvalue weighted by atomic mass is 10.0. The van der Waals surface area contributed by atoms with Crippen molar-refractivity contribution in [3.05, 3.63) is 0 Å². The topological polar surface area (TPSA) is 101 Å². The lowest BCUT2D eigenvalue weighted by Gasteiger charge is -2.33. The Kier molecular flexibility index (Phi) is 4.51. The second-order valence-corrected chi connectivity index (χ2v) is 3.77. The Morgan fingerprint density at radius 2 is 2.13 bits per heavy atom. The molecular formula is C9H18N4O2. The van der Waals surface area contributed by atoms with Gasteiger partial charge in [0.25, 0.3) is 0 Å². The monoisotopic (exact) mass is 214 g/mol. The fraction of sp³-hybridized carbons (Fsp3) is 0.778. The zero-order chi connectivity index (χ0) is 11.3. The summed E-state index contributed by atoms with van der Waals surface area (Å²) >= 11 is 0. The van der Waals surface area contributed by atoms with Crippen LogP contribution in [0.15, 0.2) is 0 Å². The summed E-state index contributed by atoms with van der Waals surface area (Å²) in [7, 11) is 0. The summed E-state index contributed by atoms with van der Waals surface area (Å²) in [5, 5.41) is 0. The molecule has 1 aliphatic rings. The molecule has 2 amide bonds. The van der Waals surface area contributed by atoms with E-state index in [0.717, 1.165) is 25.8 Å². The molecule has 1 saturated heterocycles. The van der Waals surface area contributed by atoms with Crippen molar-refractivity contribution in [2.75, 3.05) is 13.1 Å². The van der Waals surface area contributed by atoms with Crippen LogP contribution in [0.25, 0.3) is 0 Å². The molecule has 86 valence electrons. The molecule has 0 radical (unpaired) electrons. The van der Waals surface area contributed by atoms with Gasteiger partial charge in [-0.2, -0.15) is 0 Å². The van der Waals surface area contributed by atoms with Crippen LogP contribution in [0.4, 0.5) is 0 Å². The number of carbonyl (C=O) groups is 2. The third-order valence-electron chi connectivity index (χ3n) is 2.73. The molecule has 1 atom stereocenters. The van der Waals surface area contributed by atoms with Crippen molar-refractivity contribution in [3.63, 3.8) is 0 Å². The van der Waals surface area contributed by atoms with Crippen LogP contribution >= 0.6 is 0 Å². The van der Waals surface area contributed by atoms with E-state index in [9.17, 15) is 9.59 Å². The van der Waals surface area contributed by atoms with Crippen molar-refractivity contribution in [2.45, 2.75) is 31.7 Å². The highest BCUT2D eigenvalue weighted by Gasteiger charge is 2.26. The molecule has 0 aromatic carbocycles. The Morgan fingerprint density at radius 3 is 2.73 bits per heavy atom. The molecule has 6 heteroatoms. The molecule has 15 heavy (non-hydrogen) atoms. The Labute approximate surface area is 88.9 Å². The van der Waals surface area contributed by atoms with Gasteiger partial charge in [0.15, 0.2) is 0 Å². The summed E-state index contributed by atoms with van der Waals surface area (Å²) in [5.74, 6) is 4.45. The summed E-state index contributed by atoms with van der Waals surface area (Å²) in [5.41, 5.74) is 7.36. The fourth-order valence-electron chi connectivity index (χ4n) is 1.90. The molecule has 0 saturated carbocycles. The number of amides is 2. The number of carbonyl (C=O) groups excluding carboxylic acids is 2. The molecule has 1 rings (SSSR count). The molecule has 6 nitrogen and oxygen atoms in total. The SMILES string of the molecule is NNC(=O)CCN1CCCCC1C(N)=O. The van der Waals surface area contributed by atoms with Crippen LogP contribution in [-0.4, -0.2) is 35.8 Å². The Balaban J connectivity index is 2.42. The van der Waals surface area contributed by atoms with Crippen LogP contribution in [0, 0.1) is 0 Å². The number of hydrazine groups is 1. The number of piperidine rings is 1. The standard InChI is InChI=1S/C9H18N4O2/c10-9(15)7-3-1-2-5-13(7)6-4-8(14)12-11/h7H,1-6,11H2,(H2,10,15)(H,12,14). The highest BCUT2D eigenvalue weighted by atomic mass is 16.2. The van der Waals surface area contributed by atoms with Gasteiger partial charge in [0.2, 0.25) is 11.8 Å². The van der Waals surface area contributed by atoms with Gasteiger partial charge in [-0.05, 0) is 19.4 Å². The minimum Gasteiger partial charge on any atom is -0.368 e. The minimum absolute atomic E-state index is 0.218. The van der Waals surface area contributed by atoms with E-state index in [2.05, 4.69) is 5.43 Å². The second-order valence-electron chi connectivity index (χ2n) is 3.77. The van der Waals surface area contributed by atoms with Crippen molar-refractivity contribution in [1.29, 1.82) is 0 Å². The van der Waals surface area contributed by atoms with Crippen LogP contribution in [-0.2, 0) is 9.59 Å². The number of likely N-dealkylation sites (tertiary alicyclic amines) is 1. The second kappa shape index (κ2) is 5.67. The van der Waals surface area contributed by atoms with Gasteiger partial charge in [0.05, 0.1) is 6.04 Å². The van der Waals surface area contributed by atoms with E-state index in [-0.39, 0.29) is 17.9 Å². The van der Waals surface area contributed by atoms with Crippen LogP contribution in [0.5, 0.6) is 0 Å². The summed E-state index contributed by atoms with van der Waals surface area (Å²) in [6.45, 7) is 1.36. The summed E-state index contributed by atoms with van der Waals surface area (Å²) in [6, 6.07) is -0.218. The molecule has 1 aliphatic heterocycles. The number of primary amides is 1. The average Bonchev–Trinajstić information content (AvgIpc) is 2.26. The van der Waals surface area contributed by atoms with E-state index in [0.29, 0.717) is 13.0 Å². The van der Waals surface area contributed by atoms with Crippen molar-refractivity contribution in [3.8, 4) is 0 Å². The lowest BCUT2D eigenvalue weighted by molar-refractivity contribution is -0.126. The van der Waals surface area contributed by atoms with E-state index in [1.54, 1.807) is 0 Å². The maximum atomic E-state index is 11.1. The first-order valence-corrected chi connectivity index (χ1v) is 5.18. The van der Waals surface area contributed by atoms with Gasteiger partial charge in [-0.25, -0.2) is 5.84 Å². The molecule has 5 N–H and O–H groups in total. The zero-order valence-corrected chi connectivity index (χ0v) is 8.74. The average molecular weight is 214 g/mol. The van der Waals surface area contributed by atoms with Crippen LogP contribution in [0.3, 0.4) is 0 Å². The first-order valence-electron chi connectivity index (χ1n) is 5.18. The van der Waals surface area contributed by atoms with Crippen LogP contribution in [0.2, 0.25) is 0 Å². The Bertz CT molecular complexity index is 244. The molecule has 1 heterocycles. The number of nitrogens with zero attached hydrogens (tertiary/aromatic N) is 1. The maximum Gasteiger partial charge on any atom is 0.235 e. The van der Waals surface area contributed by atoms with Gasteiger partial charge in [-0.15, -0.1) is 0 Å². The maximum absolute atomic E-state index is 11.1. The normalized spacial score (nSPS) is 22.3. The Morgan fingerprint density at radius 1 is 1.40 bits per heavy atom. The van der Waals surface area contributed by atoms with Gasteiger partial charge < -0.3 is 5.73 Å². The van der Waals surface area contributed by atoms with Gasteiger partial charge in [-0.3, -0.25) is 19.9 Å². The van der Waals surface area contributed by atoms with Crippen molar-refractivity contribution in [2.24, 2.45) is 11.6 Å². The summed E-state index contributed by atoms with van der Waals surface area (Å²) in [6.07, 6.45) is 3.17. The van der Waals surface area contributed by atoms with E-state index in [1.807, 2.05) is 4.90 Å². The minimum atomic E-state index is -0.303. The molecule has 0 aliphatic carbocycles. The van der Waals surface area contributed by atoms with E-state index in [4.69, 9.17) is 11.6 Å². The van der Waals surface area contributed by atoms with E-state index < -0.39 is 0 Å². The quantitative estimate of drug-likeness (QED) is 0.308. The summed E-state index contributed by atoms with van der Waals surface area (Å²) in [4.78, 5) is 24.0. The largest absolute Gasteiger partial charge is 0.368 e. The first-order chi connectivity index (χ1) is 7.15. The van der Waals surface area contributed by atoms with Gasteiger partial charge in [0.1, 0.15) is 0 Å². The number of rotatable bonds is 4. The van der Waals surface area contributed by atoms with Crippen LogP contribution in [0.1, 0.15) is 25.7 Å². The number of hydrogen-bond acceptors (Lipinski definition) is 4. The smallest absolute Gasteiger partial charge is 0.235 e. The predicted octanol–water partition coefficient (Wildman–Crippen LogP) is -1.29. The molecule has 1 unspecified atom stereocenters. The van der Waals surface area contributed by atoms with Gasteiger partial charge in [-0.1, -0.05) is 6.42 Å². The highest BCUT2D eigenvalue weighted by Crippen LogP contribution is 2.16. The van der Waals surface area contributed by atoms with E-state index >= 15 is 0 Å². The van der Waals surface area contributed by atoms with Crippen molar-refractivity contribution in [1.82, 2.24) is 10.3 Å². The lowest BCUT2D eigenvalue weighted by Crippen LogP contribution is -2.48. The molecule has 0 aromatic heterocycles. The summed E-state index contributed by atoms with van der Waals surface area (Å²) < 4.78 is 0. The fourth-order valence-corrected chi connectivity index (χ4v) is 1.90. The van der Waals surface area contributed by atoms with Crippen LogP contribution < -0.4 is 17.0 Å². The van der Waals surface area contributed by atoms with Crippen molar-refractivity contribution >= 4 is 11.8 Å². The zero-order valence-electron chi connectivity index (χ0n) is 8.74. The predicted molar refractivity (Wildman–Crippen MR) is 55.4 cm³/mol. The number of hydrogen-bond donors (Lipinski definition) is 3. The molecule has 1 fully saturated rings. The first kappa shape index (κ1) is 11.9. The van der Waals surface area contributed by atoms with Gasteiger partial charge in [0, 0.05) is 13.0 Å². The van der Waals surface area contributed by atoms with Crippen molar-refractivity contribution < 1.29 is 9.59 Å². The third-order valence-corrected chi connectivity index (χ3v) is 2.73.